The van der Waals surface area contributed by atoms with Gasteiger partial charge in [0.05, 0.1) is 59.8 Å². The zero-order valence-corrected chi connectivity index (χ0v) is 23.9. The molecule has 0 aliphatic carbocycles. The van der Waals surface area contributed by atoms with Crippen molar-refractivity contribution < 1.29 is 4.39 Å². The number of fused-ring (bicyclic) bond motifs is 1. The lowest BCUT2D eigenvalue weighted by atomic mass is 10.1. The second-order valence-corrected chi connectivity index (χ2v) is 11.0. The van der Waals surface area contributed by atoms with Gasteiger partial charge in [-0.1, -0.05) is 40.0 Å². The van der Waals surface area contributed by atoms with E-state index < -0.39 is 5.82 Å². The monoisotopic (exact) mass is 600 g/mol. The highest BCUT2D eigenvalue weighted by Gasteiger charge is 2.24. The lowest BCUT2D eigenvalue weighted by Crippen LogP contribution is -2.13. The van der Waals surface area contributed by atoms with E-state index in [-0.39, 0.29) is 33.4 Å². The first-order valence-corrected chi connectivity index (χ1v) is 13.7. The zero-order valence-electron chi connectivity index (χ0n) is 20.8. The number of nitriles is 1. The van der Waals surface area contributed by atoms with Gasteiger partial charge in [-0.25, -0.2) is 14.1 Å². The van der Waals surface area contributed by atoms with E-state index in [1.807, 2.05) is 27.0 Å². The number of hydrogen-bond donors (Lipinski definition) is 2. The summed E-state index contributed by atoms with van der Waals surface area (Å²) >= 11 is 20.1. The molecule has 0 bridgehead atoms. The van der Waals surface area contributed by atoms with Crippen molar-refractivity contribution >= 4 is 74.1 Å². The van der Waals surface area contributed by atoms with E-state index in [2.05, 4.69) is 37.0 Å². The highest BCUT2D eigenvalue weighted by atomic mass is 35.5. The molecule has 0 unspecified atom stereocenters. The number of benzene rings is 2. The van der Waals surface area contributed by atoms with Crippen LogP contribution in [-0.2, 0) is 0 Å². The number of thiazole rings is 1. The SMILES string of the molecule is Cc1ncsc1[C@H](Nc1cc(Cl)c2ncc(C#N)c(Nc3ccc(Cl)c(Cl)c3F)c2c1)c1cn(C(C)C)nn1. The Hall–Kier alpha value is -3.49. The van der Waals surface area contributed by atoms with E-state index >= 15 is 0 Å². The molecule has 5 rings (SSSR count). The van der Waals surface area contributed by atoms with Crippen molar-refractivity contribution in [3.05, 3.63) is 84.9 Å². The lowest BCUT2D eigenvalue weighted by molar-refractivity contribution is 0.514. The summed E-state index contributed by atoms with van der Waals surface area (Å²) in [4.78, 5) is 9.74. The average molecular weight is 602 g/mol. The minimum Gasteiger partial charge on any atom is -0.372 e. The number of halogens is 4. The fraction of sp³-hybridized carbons (Fsp3) is 0.192. The minimum absolute atomic E-state index is 0.0475. The van der Waals surface area contributed by atoms with Crippen molar-refractivity contribution in [3.8, 4) is 6.07 Å². The Bertz CT molecular complexity index is 1740. The Labute approximate surface area is 242 Å². The standard InChI is InChI=1S/C26H20Cl3FN8S/c1-12(2)38-10-20(36-37-38)25(26-13(3)33-11-39-26)34-15-6-16-23(14(8-31)9-32-24(16)18(28)7-15)35-19-5-4-17(27)21(29)22(19)30/h4-7,9-12,25,34H,1-3H3,(H,32,35)/t25-/m1/s1. The van der Waals surface area contributed by atoms with E-state index in [4.69, 9.17) is 34.8 Å². The summed E-state index contributed by atoms with van der Waals surface area (Å²) in [5.74, 6) is -0.743. The summed E-state index contributed by atoms with van der Waals surface area (Å²) in [7, 11) is 0. The van der Waals surface area contributed by atoms with Gasteiger partial charge in [0.25, 0.3) is 0 Å². The highest BCUT2D eigenvalue weighted by molar-refractivity contribution is 7.09. The Balaban J connectivity index is 1.63. The van der Waals surface area contributed by atoms with Gasteiger partial charge >= 0.3 is 0 Å². The zero-order chi connectivity index (χ0) is 27.8. The maximum absolute atomic E-state index is 14.9. The van der Waals surface area contributed by atoms with Gasteiger partial charge in [-0.15, -0.1) is 16.4 Å². The molecule has 0 saturated heterocycles. The molecule has 0 radical (unpaired) electrons. The first kappa shape index (κ1) is 27.1. The molecule has 0 fully saturated rings. The van der Waals surface area contributed by atoms with Crippen molar-refractivity contribution in [2.24, 2.45) is 0 Å². The predicted octanol–water partition coefficient (Wildman–Crippen LogP) is 8.09. The van der Waals surface area contributed by atoms with Crippen LogP contribution < -0.4 is 10.6 Å². The fourth-order valence-corrected chi connectivity index (χ4v) is 5.47. The van der Waals surface area contributed by atoms with Crippen LogP contribution in [0.15, 0.2) is 42.2 Å². The molecule has 198 valence electrons. The highest BCUT2D eigenvalue weighted by Crippen LogP contribution is 2.39. The number of nitrogens with zero attached hydrogens (tertiary/aromatic N) is 6. The molecule has 1 atom stereocenters. The van der Waals surface area contributed by atoms with E-state index in [9.17, 15) is 9.65 Å². The molecule has 0 saturated carbocycles. The van der Waals surface area contributed by atoms with Crippen LogP contribution in [0, 0.1) is 24.1 Å². The fourth-order valence-electron chi connectivity index (χ4n) is 4.02. The van der Waals surface area contributed by atoms with Gasteiger partial charge in [0, 0.05) is 23.3 Å². The van der Waals surface area contributed by atoms with E-state index in [0.29, 0.717) is 33.0 Å². The van der Waals surface area contributed by atoms with Crippen molar-refractivity contribution in [2.45, 2.75) is 32.9 Å². The van der Waals surface area contributed by atoms with E-state index in [1.165, 1.54) is 29.7 Å². The summed E-state index contributed by atoms with van der Waals surface area (Å²) in [6.07, 6.45) is 3.27. The minimum atomic E-state index is -0.743. The molecular formula is C26H20Cl3FN8S. The smallest absolute Gasteiger partial charge is 0.166 e. The largest absolute Gasteiger partial charge is 0.372 e. The number of rotatable bonds is 7. The van der Waals surface area contributed by atoms with Crippen LogP contribution in [0.5, 0.6) is 0 Å². The summed E-state index contributed by atoms with van der Waals surface area (Å²) < 4.78 is 16.7. The van der Waals surface area contributed by atoms with E-state index in [1.54, 1.807) is 22.3 Å². The molecule has 13 heteroatoms. The average Bonchev–Trinajstić information content (AvgIpc) is 3.57. The third-order valence-electron chi connectivity index (χ3n) is 6.05. The number of hydrogen-bond acceptors (Lipinski definition) is 8. The van der Waals surface area contributed by atoms with Gasteiger partial charge in [0.2, 0.25) is 0 Å². The third kappa shape index (κ3) is 5.23. The summed E-state index contributed by atoms with van der Waals surface area (Å²) in [6.45, 7) is 5.97. The summed E-state index contributed by atoms with van der Waals surface area (Å²) in [6, 6.07) is 8.31. The van der Waals surface area contributed by atoms with Crippen LogP contribution in [-0.4, -0.2) is 25.0 Å². The number of pyridine rings is 1. The predicted molar refractivity (Wildman–Crippen MR) is 154 cm³/mol. The molecular weight excluding hydrogens is 582 g/mol. The maximum Gasteiger partial charge on any atom is 0.166 e. The van der Waals surface area contributed by atoms with Crippen LogP contribution in [0.25, 0.3) is 10.9 Å². The van der Waals surface area contributed by atoms with Crippen molar-refractivity contribution in [3.63, 3.8) is 0 Å². The molecule has 3 aromatic heterocycles. The van der Waals surface area contributed by atoms with Gasteiger partial charge in [0.1, 0.15) is 17.8 Å². The van der Waals surface area contributed by atoms with Crippen LogP contribution in [0.1, 0.15) is 47.8 Å². The quantitative estimate of drug-likeness (QED) is 0.182. The number of nitrogens with one attached hydrogen (secondary N) is 2. The molecule has 3 heterocycles. The van der Waals surface area contributed by atoms with Gasteiger partial charge in [-0.05, 0) is 45.0 Å². The first-order chi connectivity index (χ1) is 18.7. The van der Waals surface area contributed by atoms with Gasteiger partial charge in [0.15, 0.2) is 5.82 Å². The lowest BCUT2D eigenvalue weighted by Gasteiger charge is -2.19. The number of anilines is 3. The summed E-state index contributed by atoms with van der Waals surface area (Å²) in [5, 5.41) is 25.7. The second-order valence-electron chi connectivity index (χ2n) is 8.96. The third-order valence-corrected chi connectivity index (χ3v) is 8.11. The number of aryl methyl sites for hydroxylation is 1. The van der Waals surface area contributed by atoms with Crippen LogP contribution in [0.4, 0.5) is 21.5 Å². The number of aromatic nitrogens is 5. The molecule has 0 amide bonds. The molecule has 0 spiro atoms. The summed E-state index contributed by atoms with van der Waals surface area (Å²) in [5.41, 5.74) is 4.95. The Morgan fingerprint density at radius 1 is 1.13 bits per heavy atom. The van der Waals surface area contributed by atoms with E-state index in [0.717, 1.165) is 10.6 Å². The van der Waals surface area contributed by atoms with Gasteiger partial charge < -0.3 is 10.6 Å². The van der Waals surface area contributed by atoms with Gasteiger partial charge in [-0.3, -0.25) is 4.98 Å². The van der Waals surface area contributed by atoms with Crippen molar-refractivity contribution in [2.75, 3.05) is 10.6 Å². The molecule has 39 heavy (non-hydrogen) atoms. The first-order valence-electron chi connectivity index (χ1n) is 11.7. The maximum atomic E-state index is 14.9. The normalized spacial score (nSPS) is 12.1. The van der Waals surface area contributed by atoms with Crippen LogP contribution in [0.2, 0.25) is 15.1 Å². The Morgan fingerprint density at radius 3 is 2.59 bits per heavy atom. The molecule has 2 N–H and O–H groups in total. The Morgan fingerprint density at radius 2 is 1.92 bits per heavy atom. The van der Waals surface area contributed by atoms with Gasteiger partial charge in [-0.2, -0.15) is 5.26 Å². The van der Waals surface area contributed by atoms with Crippen molar-refractivity contribution in [1.82, 2.24) is 25.0 Å². The molecule has 8 nitrogen and oxygen atoms in total. The topological polar surface area (TPSA) is 104 Å². The van der Waals surface area contributed by atoms with Crippen LogP contribution in [0.3, 0.4) is 0 Å². The molecule has 0 aliphatic heterocycles. The van der Waals surface area contributed by atoms with Crippen LogP contribution >= 0.6 is 46.1 Å². The Kier molecular flexibility index (Phi) is 7.60. The molecule has 2 aromatic carbocycles. The molecule has 5 aromatic rings. The second kappa shape index (κ2) is 10.9. The van der Waals surface area contributed by atoms with Crippen molar-refractivity contribution in [1.29, 1.82) is 5.26 Å². The molecule has 0 aliphatic rings.